The van der Waals surface area contributed by atoms with Crippen LogP contribution < -0.4 is 11.3 Å². The van der Waals surface area contributed by atoms with Gasteiger partial charge in [0, 0.05) is 6.04 Å². The van der Waals surface area contributed by atoms with Gasteiger partial charge in [-0.25, -0.2) is 0 Å². The van der Waals surface area contributed by atoms with E-state index >= 15 is 0 Å². The Balaban J connectivity index is 2.30. The summed E-state index contributed by atoms with van der Waals surface area (Å²) >= 11 is 0. The van der Waals surface area contributed by atoms with Crippen LogP contribution in [0.5, 0.6) is 0 Å². The van der Waals surface area contributed by atoms with E-state index in [0.717, 1.165) is 11.8 Å². The molecule has 0 bridgehead atoms. The third kappa shape index (κ3) is 4.06. The molecule has 96 valence electrons. The third-order valence-electron chi connectivity index (χ3n) is 4.28. The smallest absolute Gasteiger partial charge is 0.0261 e. The lowest BCUT2D eigenvalue weighted by Gasteiger charge is -2.35. The normalized spacial score (nSPS) is 28.3. The van der Waals surface area contributed by atoms with Crippen LogP contribution in [0, 0.1) is 17.8 Å². The van der Waals surface area contributed by atoms with Crippen molar-refractivity contribution in [3.8, 4) is 0 Å². The SMILES string of the molecule is CCCCC1CCC(C(NN)C(C)C)CC1. The molecule has 1 aliphatic rings. The first kappa shape index (κ1) is 14.0. The fourth-order valence-corrected chi connectivity index (χ4v) is 3.20. The molecule has 1 atom stereocenters. The van der Waals surface area contributed by atoms with Gasteiger partial charge >= 0.3 is 0 Å². The van der Waals surface area contributed by atoms with Crippen LogP contribution in [0.15, 0.2) is 0 Å². The fourth-order valence-electron chi connectivity index (χ4n) is 3.20. The van der Waals surface area contributed by atoms with Crippen LogP contribution in [-0.4, -0.2) is 6.04 Å². The van der Waals surface area contributed by atoms with Crippen LogP contribution in [0.2, 0.25) is 0 Å². The summed E-state index contributed by atoms with van der Waals surface area (Å²) in [5.74, 6) is 8.13. The van der Waals surface area contributed by atoms with E-state index in [0.29, 0.717) is 12.0 Å². The number of hydrogen-bond acceptors (Lipinski definition) is 2. The minimum atomic E-state index is 0.520. The van der Waals surface area contributed by atoms with E-state index in [1.807, 2.05) is 0 Å². The predicted octanol–water partition coefficient (Wildman–Crippen LogP) is 3.47. The third-order valence-corrected chi connectivity index (χ3v) is 4.28. The van der Waals surface area contributed by atoms with Crippen LogP contribution in [0.3, 0.4) is 0 Å². The molecular weight excluding hydrogens is 196 g/mol. The second-order valence-electron chi connectivity index (χ2n) is 5.86. The van der Waals surface area contributed by atoms with Gasteiger partial charge in [-0.3, -0.25) is 11.3 Å². The highest BCUT2D eigenvalue weighted by atomic mass is 15.2. The number of hydrazine groups is 1. The summed E-state index contributed by atoms with van der Waals surface area (Å²) < 4.78 is 0. The summed E-state index contributed by atoms with van der Waals surface area (Å²) in [5, 5.41) is 0. The van der Waals surface area contributed by atoms with Gasteiger partial charge in [-0.15, -0.1) is 0 Å². The summed E-state index contributed by atoms with van der Waals surface area (Å²) in [4.78, 5) is 0. The molecule has 0 spiro atoms. The zero-order chi connectivity index (χ0) is 12.0. The average molecular weight is 226 g/mol. The second kappa shape index (κ2) is 7.29. The molecule has 1 aliphatic carbocycles. The van der Waals surface area contributed by atoms with Crippen LogP contribution in [-0.2, 0) is 0 Å². The molecule has 0 aromatic heterocycles. The van der Waals surface area contributed by atoms with Gasteiger partial charge in [-0.2, -0.15) is 0 Å². The van der Waals surface area contributed by atoms with Crippen LogP contribution in [0.25, 0.3) is 0 Å². The minimum Gasteiger partial charge on any atom is -0.271 e. The van der Waals surface area contributed by atoms with Crippen molar-refractivity contribution < 1.29 is 0 Å². The number of unbranched alkanes of at least 4 members (excludes halogenated alkanes) is 1. The Labute approximate surface area is 101 Å². The Bertz CT molecular complexity index is 172. The minimum absolute atomic E-state index is 0.520. The second-order valence-corrected chi connectivity index (χ2v) is 5.86. The molecule has 1 rings (SSSR count). The van der Waals surface area contributed by atoms with Crippen molar-refractivity contribution in [2.45, 2.75) is 71.8 Å². The quantitative estimate of drug-likeness (QED) is 0.537. The predicted molar refractivity (Wildman–Crippen MR) is 70.9 cm³/mol. The molecule has 16 heavy (non-hydrogen) atoms. The Kier molecular flexibility index (Phi) is 6.37. The van der Waals surface area contributed by atoms with Crippen molar-refractivity contribution in [1.29, 1.82) is 0 Å². The fraction of sp³-hybridized carbons (Fsp3) is 1.00. The average Bonchev–Trinajstić information content (AvgIpc) is 2.28. The lowest BCUT2D eigenvalue weighted by atomic mass is 9.74. The first-order chi connectivity index (χ1) is 7.69. The van der Waals surface area contributed by atoms with Crippen LogP contribution >= 0.6 is 0 Å². The first-order valence-corrected chi connectivity index (χ1v) is 7.15. The van der Waals surface area contributed by atoms with E-state index in [9.17, 15) is 0 Å². The summed E-state index contributed by atoms with van der Waals surface area (Å²) in [7, 11) is 0. The molecule has 2 nitrogen and oxygen atoms in total. The van der Waals surface area contributed by atoms with Gasteiger partial charge in [0.25, 0.3) is 0 Å². The molecule has 1 unspecified atom stereocenters. The number of nitrogens with two attached hydrogens (primary N) is 1. The van der Waals surface area contributed by atoms with Crippen molar-refractivity contribution in [1.82, 2.24) is 5.43 Å². The summed E-state index contributed by atoms with van der Waals surface area (Å²) in [5.41, 5.74) is 3.03. The Hall–Kier alpha value is -0.0800. The summed E-state index contributed by atoms with van der Waals surface area (Å²) in [6.07, 6.45) is 9.82. The Morgan fingerprint density at radius 3 is 2.25 bits per heavy atom. The lowest BCUT2D eigenvalue weighted by Crippen LogP contribution is -2.45. The molecule has 3 N–H and O–H groups in total. The Morgan fingerprint density at radius 2 is 1.81 bits per heavy atom. The van der Waals surface area contributed by atoms with E-state index in [2.05, 4.69) is 26.2 Å². The van der Waals surface area contributed by atoms with Crippen molar-refractivity contribution in [2.24, 2.45) is 23.6 Å². The topological polar surface area (TPSA) is 38.0 Å². The van der Waals surface area contributed by atoms with Gasteiger partial charge in [0.05, 0.1) is 0 Å². The highest BCUT2D eigenvalue weighted by Gasteiger charge is 2.28. The molecule has 0 heterocycles. The van der Waals surface area contributed by atoms with Gasteiger partial charge in [0.1, 0.15) is 0 Å². The number of hydrogen-bond donors (Lipinski definition) is 2. The van der Waals surface area contributed by atoms with E-state index in [1.165, 1.54) is 44.9 Å². The maximum Gasteiger partial charge on any atom is 0.0261 e. The zero-order valence-corrected chi connectivity index (χ0v) is 11.3. The molecule has 0 radical (unpaired) electrons. The molecule has 1 fully saturated rings. The van der Waals surface area contributed by atoms with Gasteiger partial charge < -0.3 is 0 Å². The lowest BCUT2D eigenvalue weighted by molar-refractivity contribution is 0.184. The molecule has 0 aromatic carbocycles. The maximum atomic E-state index is 5.67. The van der Waals surface area contributed by atoms with E-state index < -0.39 is 0 Å². The molecule has 0 aromatic rings. The standard InChI is InChI=1S/C14H30N2/c1-4-5-6-12-7-9-13(10-8-12)14(16-15)11(2)3/h11-14,16H,4-10,15H2,1-3H3. The molecule has 1 saturated carbocycles. The van der Waals surface area contributed by atoms with Gasteiger partial charge in [-0.05, 0) is 30.6 Å². The van der Waals surface area contributed by atoms with Crippen molar-refractivity contribution in [2.75, 3.05) is 0 Å². The highest BCUT2D eigenvalue weighted by molar-refractivity contribution is 4.82. The number of nitrogens with one attached hydrogen (secondary N) is 1. The first-order valence-electron chi connectivity index (χ1n) is 7.15. The van der Waals surface area contributed by atoms with E-state index in [-0.39, 0.29) is 0 Å². The molecule has 0 aliphatic heterocycles. The van der Waals surface area contributed by atoms with Gasteiger partial charge in [0.2, 0.25) is 0 Å². The molecule has 2 heteroatoms. The maximum absolute atomic E-state index is 5.67. The summed E-state index contributed by atoms with van der Waals surface area (Å²) in [6.45, 7) is 6.83. The molecule has 0 amide bonds. The number of rotatable bonds is 6. The largest absolute Gasteiger partial charge is 0.271 e. The van der Waals surface area contributed by atoms with Crippen molar-refractivity contribution >= 4 is 0 Å². The van der Waals surface area contributed by atoms with Crippen molar-refractivity contribution in [3.05, 3.63) is 0 Å². The highest BCUT2D eigenvalue weighted by Crippen LogP contribution is 2.34. The van der Waals surface area contributed by atoms with Gasteiger partial charge in [-0.1, -0.05) is 52.9 Å². The van der Waals surface area contributed by atoms with Crippen LogP contribution in [0.1, 0.15) is 65.7 Å². The summed E-state index contributed by atoms with van der Waals surface area (Å²) in [6, 6.07) is 0.520. The Morgan fingerprint density at radius 1 is 1.19 bits per heavy atom. The molecular formula is C14H30N2. The van der Waals surface area contributed by atoms with E-state index in [1.54, 1.807) is 0 Å². The monoisotopic (exact) mass is 226 g/mol. The van der Waals surface area contributed by atoms with E-state index in [4.69, 9.17) is 5.84 Å². The zero-order valence-electron chi connectivity index (χ0n) is 11.3. The van der Waals surface area contributed by atoms with Gasteiger partial charge in [0.15, 0.2) is 0 Å². The van der Waals surface area contributed by atoms with Crippen LogP contribution in [0.4, 0.5) is 0 Å². The van der Waals surface area contributed by atoms with Crippen molar-refractivity contribution in [3.63, 3.8) is 0 Å². The molecule has 0 saturated heterocycles.